The fraction of sp³-hybridized carbons (Fsp3) is 0.909. The van der Waals surface area contributed by atoms with Crippen LogP contribution in [-0.2, 0) is 4.79 Å². The van der Waals surface area contributed by atoms with Crippen molar-refractivity contribution in [1.29, 1.82) is 0 Å². The van der Waals surface area contributed by atoms with E-state index in [4.69, 9.17) is 10.9 Å². The van der Waals surface area contributed by atoms with Crippen molar-refractivity contribution in [2.24, 2.45) is 5.84 Å². The molecule has 0 aliphatic carbocycles. The predicted molar refractivity (Wildman–Crippen MR) is 64.6 cm³/mol. The number of hydrazine groups is 1. The van der Waals surface area contributed by atoms with E-state index in [0.717, 1.165) is 32.4 Å². The smallest absolute Gasteiger partial charge is 0.233 e. The largest absolute Gasteiger partial charge is 0.396 e. The van der Waals surface area contributed by atoms with Crippen LogP contribution in [0.2, 0.25) is 0 Å². The first-order chi connectivity index (χ1) is 7.61. The van der Waals surface area contributed by atoms with Gasteiger partial charge < -0.3 is 10.0 Å². The van der Waals surface area contributed by atoms with Crippen LogP contribution in [0, 0.1) is 0 Å². The Hall–Kier alpha value is -0.650. The zero-order valence-corrected chi connectivity index (χ0v) is 10.4. The van der Waals surface area contributed by atoms with E-state index in [-0.39, 0.29) is 12.5 Å². The van der Waals surface area contributed by atoms with E-state index >= 15 is 0 Å². The fourth-order valence-corrected chi connectivity index (χ4v) is 1.57. The summed E-state index contributed by atoms with van der Waals surface area (Å²) in [6.07, 6.45) is 3.13. The first-order valence-corrected chi connectivity index (χ1v) is 5.96. The summed E-state index contributed by atoms with van der Waals surface area (Å²) in [5.74, 6) is 4.89. The summed E-state index contributed by atoms with van der Waals surface area (Å²) in [4.78, 5) is 13.2. The number of unbranched alkanes of at least 4 members (excludes halogenated alkanes) is 1. The molecule has 16 heavy (non-hydrogen) atoms. The van der Waals surface area contributed by atoms with Crippen molar-refractivity contribution >= 4 is 5.91 Å². The van der Waals surface area contributed by atoms with Gasteiger partial charge in [0.15, 0.2) is 0 Å². The van der Waals surface area contributed by atoms with Crippen LogP contribution in [-0.4, -0.2) is 41.7 Å². The molecule has 0 bridgehead atoms. The van der Waals surface area contributed by atoms with Gasteiger partial charge in [0.2, 0.25) is 5.91 Å². The lowest BCUT2D eigenvalue weighted by Crippen LogP contribution is -2.33. The standard InChI is InChI=1S/C11H25N3O2/c1-10(2)14(8-5-9-15)7-4-3-6-11(16)13-12/h10,15H,3-9,12H2,1-2H3,(H,13,16). The molecule has 0 spiro atoms. The number of nitrogens with zero attached hydrogens (tertiary/aromatic N) is 1. The highest BCUT2D eigenvalue weighted by Gasteiger charge is 2.08. The van der Waals surface area contributed by atoms with Crippen LogP contribution in [0.15, 0.2) is 0 Å². The van der Waals surface area contributed by atoms with Gasteiger partial charge in [0.1, 0.15) is 0 Å². The van der Waals surface area contributed by atoms with E-state index in [1.165, 1.54) is 0 Å². The third-order valence-electron chi connectivity index (χ3n) is 2.59. The van der Waals surface area contributed by atoms with E-state index in [1.807, 2.05) is 0 Å². The molecule has 96 valence electrons. The molecule has 0 aliphatic rings. The Morgan fingerprint density at radius 2 is 1.94 bits per heavy atom. The molecule has 5 heteroatoms. The van der Waals surface area contributed by atoms with Crippen molar-refractivity contribution < 1.29 is 9.90 Å². The molecule has 0 atom stereocenters. The number of nitrogens with one attached hydrogen (secondary N) is 1. The number of rotatable bonds is 9. The molecule has 0 aromatic carbocycles. The monoisotopic (exact) mass is 231 g/mol. The molecular formula is C11H25N3O2. The maximum absolute atomic E-state index is 10.9. The van der Waals surface area contributed by atoms with Gasteiger partial charge in [0, 0.05) is 25.6 Å². The molecule has 0 aliphatic heterocycles. The van der Waals surface area contributed by atoms with Gasteiger partial charge in [-0.25, -0.2) is 5.84 Å². The van der Waals surface area contributed by atoms with Crippen LogP contribution >= 0.6 is 0 Å². The van der Waals surface area contributed by atoms with Crippen molar-refractivity contribution in [2.45, 2.75) is 45.6 Å². The summed E-state index contributed by atoms with van der Waals surface area (Å²) in [5.41, 5.74) is 2.12. The van der Waals surface area contributed by atoms with E-state index < -0.39 is 0 Å². The summed E-state index contributed by atoms with van der Waals surface area (Å²) in [6, 6.07) is 0.481. The highest BCUT2D eigenvalue weighted by molar-refractivity contribution is 5.75. The Morgan fingerprint density at radius 1 is 1.31 bits per heavy atom. The van der Waals surface area contributed by atoms with Crippen LogP contribution in [0.1, 0.15) is 39.5 Å². The minimum absolute atomic E-state index is 0.105. The Kier molecular flexibility index (Phi) is 9.18. The molecule has 0 heterocycles. The summed E-state index contributed by atoms with van der Waals surface area (Å²) in [7, 11) is 0. The lowest BCUT2D eigenvalue weighted by Gasteiger charge is -2.26. The normalized spacial score (nSPS) is 11.1. The van der Waals surface area contributed by atoms with Gasteiger partial charge in [-0.3, -0.25) is 10.2 Å². The number of carbonyl (C=O) groups excluding carboxylic acids is 1. The molecule has 0 saturated heterocycles. The van der Waals surface area contributed by atoms with Gasteiger partial charge in [-0.15, -0.1) is 0 Å². The number of amides is 1. The van der Waals surface area contributed by atoms with Crippen LogP contribution in [0.5, 0.6) is 0 Å². The first kappa shape index (κ1) is 15.3. The fourth-order valence-electron chi connectivity index (χ4n) is 1.57. The minimum Gasteiger partial charge on any atom is -0.396 e. The Morgan fingerprint density at radius 3 is 2.44 bits per heavy atom. The van der Waals surface area contributed by atoms with Crippen molar-refractivity contribution in [2.75, 3.05) is 19.7 Å². The Labute approximate surface area is 98.0 Å². The van der Waals surface area contributed by atoms with Gasteiger partial charge in [-0.1, -0.05) is 0 Å². The number of hydrogen-bond acceptors (Lipinski definition) is 4. The SMILES string of the molecule is CC(C)N(CCCO)CCCCC(=O)NN. The van der Waals surface area contributed by atoms with Gasteiger partial charge in [-0.2, -0.15) is 0 Å². The summed E-state index contributed by atoms with van der Waals surface area (Å²) >= 11 is 0. The van der Waals surface area contributed by atoms with Gasteiger partial charge in [-0.05, 0) is 39.7 Å². The third-order valence-corrected chi connectivity index (χ3v) is 2.59. The number of aliphatic hydroxyl groups is 1. The molecular weight excluding hydrogens is 206 g/mol. The molecule has 0 fully saturated rings. The van der Waals surface area contributed by atoms with Gasteiger partial charge in [0.25, 0.3) is 0 Å². The molecule has 0 aromatic rings. The van der Waals surface area contributed by atoms with Gasteiger partial charge >= 0.3 is 0 Å². The van der Waals surface area contributed by atoms with Crippen LogP contribution in [0.25, 0.3) is 0 Å². The van der Waals surface area contributed by atoms with Crippen molar-refractivity contribution in [3.8, 4) is 0 Å². The number of carbonyl (C=O) groups is 1. The lowest BCUT2D eigenvalue weighted by molar-refractivity contribution is -0.121. The average molecular weight is 231 g/mol. The Balaban J connectivity index is 3.63. The summed E-state index contributed by atoms with van der Waals surface area (Å²) in [5, 5.41) is 8.78. The quantitative estimate of drug-likeness (QED) is 0.230. The van der Waals surface area contributed by atoms with E-state index in [2.05, 4.69) is 24.2 Å². The van der Waals surface area contributed by atoms with Crippen LogP contribution in [0.3, 0.4) is 0 Å². The molecule has 0 rings (SSSR count). The van der Waals surface area contributed by atoms with Gasteiger partial charge in [0.05, 0.1) is 0 Å². The first-order valence-electron chi connectivity index (χ1n) is 5.96. The maximum Gasteiger partial charge on any atom is 0.233 e. The topological polar surface area (TPSA) is 78.6 Å². The number of nitrogens with two attached hydrogens (primary N) is 1. The summed E-state index contributed by atoms with van der Waals surface area (Å²) in [6.45, 7) is 6.40. The highest BCUT2D eigenvalue weighted by Crippen LogP contribution is 2.04. The van der Waals surface area contributed by atoms with E-state index in [9.17, 15) is 4.79 Å². The zero-order chi connectivity index (χ0) is 12.4. The molecule has 0 aromatic heterocycles. The molecule has 5 nitrogen and oxygen atoms in total. The van der Waals surface area contributed by atoms with Crippen molar-refractivity contribution in [3.63, 3.8) is 0 Å². The second kappa shape index (κ2) is 9.57. The highest BCUT2D eigenvalue weighted by atomic mass is 16.3. The average Bonchev–Trinajstić information content (AvgIpc) is 2.27. The second-order valence-corrected chi connectivity index (χ2v) is 4.23. The molecule has 1 amide bonds. The van der Waals surface area contributed by atoms with Crippen LogP contribution < -0.4 is 11.3 Å². The van der Waals surface area contributed by atoms with Crippen molar-refractivity contribution in [3.05, 3.63) is 0 Å². The predicted octanol–water partition coefficient (Wildman–Crippen LogP) is 0.239. The van der Waals surface area contributed by atoms with E-state index in [1.54, 1.807) is 0 Å². The molecule has 0 saturated carbocycles. The summed E-state index contributed by atoms with van der Waals surface area (Å²) < 4.78 is 0. The lowest BCUT2D eigenvalue weighted by atomic mass is 10.2. The number of hydrogen-bond donors (Lipinski definition) is 3. The number of aliphatic hydroxyl groups excluding tert-OH is 1. The van der Waals surface area contributed by atoms with Crippen molar-refractivity contribution in [1.82, 2.24) is 10.3 Å². The Bertz CT molecular complexity index is 186. The molecule has 0 unspecified atom stereocenters. The minimum atomic E-state index is -0.105. The second-order valence-electron chi connectivity index (χ2n) is 4.23. The molecule has 4 N–H and O–H groups in total. The van der Waals surface area contributed by atoms with E-state index in [0.29, 0.717) is 12.5 Å². The third kappa shape index (κ3) is 7.62. The van der Waals surface area contributed by atoms with Crippen LogP contribution in [0.4, 0.5) is 0 Å². The maximum atomic E-state index is 10.9. The molecule has 0 radical (unpaired) electrons. The zero-order valence-electron chi connectivity index (χ0n) is 10.4.